The molecule has 2 rings (SSSR count). The van der Waals surface area contributed by atoms with Crippen LogP contribution in [-0.4, -0.2) is 25.5 Å². The van der Waals surface area contributed by atoms with Crippen molar-refractivity contribution in [2.75, 3.05) is 24.5 Å². The van der Waals surface area contributed by atoms with Crippen LogP contribution in [0.4, 0.5) is 10.1 Å². The molecule has 22 heavy (non-hydrogen) atoms. The Labute approximate surface area is 130 Å². The van der Waals surface area contributed by atoms with Crippen LogP contribution in [0, 0.1) is 5.82 Å². The number of para-hydroxylation sites is 1. The van der Waals surface area contributed by atoms with Gasteiger partial charge in [-0.15, -0.1) is 0 Å². The molecule has 0 fully saturated rings. The van der Waals surface area contributed by atoms with Gasteiger partial charge in [0.05, 0.1) is 6.54 Å². The Hall–Kier alpha value is -2.36. The molecule has 0 aliphatic rings. The number of rotatable bonds is 7. The van der Waals surface area contributed by atoms with Gasteiger partial charge < -0.3 is 10.2 Å². The number of nitrogens with one attached hydrogen (secondary N) is 1. The molecule has 0 bridgehead atoms. The fourth-order valence-electron chi connectivity index (χ4n) is 2.25. The zero-order valence-electron chi connectivity index (χ0n) is 12.8. The van der Waals surface area contributed by atoms with E-state index >= 15 is 0 Å². The number of amides is 1. The first kappa shape index (κ1) is 16.0. The second-order valence-corrected chi connectivity index (χ2v) is 5.08. The number of benzene rings is 2. The number of likely N-dealkylation sites (N-methyl/N-ethyl adjacent to an activating group) is 1. The molecule has 0 heterocycles. The van der Waals surface area contributed by atoms with Crippen LogP contribution in [0.25, 0.3) is 0 Å². The molecule has 0 aromatic heterocycles. The smallest absolute Gasteiger partial charge is 0.239 e. The Bertz CT molecular complexity index is 584. The molecule has 0 aliphatic carbocycles. The minimum Gasteiger partial charge on any atom is -0.363 e. The van der Waals surface area contributed by atoms with Crippen molar-refractivity contribution >= 4 is 11.6 Å². The van der Waals surface area contributed by atoms with Crippen LogP contribution in [0.2, 0.25) is 0 Å². The maximum absolute atomic E-state index is 12.8. The van der Waals surface area contributed by atoms with Gasteiger partial charge in [-0.05, 0) is 43.2 Å². The number of carbonyl (C=O) groups excluding carboxylic acids is 1. The first-order chi connectivity index (χ1) is 10.7. The normalized spacial score (nSPS) is 10.3. The SMILES string of the molecule is CCN(CC(=O)NCCc1ccc(F)cc1)c1ccccc1. The molecule has 3 nitrogen and oxygen atoms in total. The highest BCUT2D eigenvalue weighted by Crippen LogP contribution is 2.12. The first-order valence-electron chi connectivity index (χ1n) is 7.50. The highest BCUT2D eigenvalue weighted by molar-refractivity contribution is 5.81. The molecule has 0 spiro atoms. The maximum atomic E-state index is 12.8. The number of nitrogens with zero attached hydrogens (tertiary/aromatic N) is 1. The summed E-state index contributed by atoms with van der Waals surface area (Å²) < 4.78 is 12.8. The largest absolute Gasteiger partial charge is 0.363 e. The Morgan fingerprint density at radius 3 is 2.41 bits per heavy atom. The summed E-state index contributed by atoms with van der Waals surface area (Å²) in [6, 6.07) is 16.2. The summed E-state index contributed by atoms with van der Waals surface area (Å²) in [6.07, 6.45) is 0.698. The van der Waals surface area contributed by atoms with Crippen molar-refractivity contribution in [2.24, 2.45) is 0 Å². The third-order valence-electron chi connectivity index (χ3n) is 3.49. The summed E-state index contributed by atoms with van der Waals surface area (Å²) in [5.41, 5.74) is 2.05. The van der Waals surface area contributed by atoms with E-state index in [0.29, 0.717) is 19.5 Å². The van der Waals surface area contributed by atoms with Gasteiger partial charge in [-0.1, -0.05) is 30.3 Å². The van der Waals surface area contributed by atoms with Crippen LogP contribution in [0.1, 0.15) is 12.5 Å². The van der Waals surface area contributed by atoms with Crippen molar-refractivity contribution < 1.29 is 9.18 Å². The predicted octanol–water partition coefficient (Wildman–Crippen LogP) is 3.01. The topological polar surface area (TPSA) is 32.3 Å². The maximum Gasteiger partial charge on any atom is 0.239 e. The van der Waals surface area contributed by atoms with Crippen molar-refractivity contribution in [1.82, 2.24) is 5.32 Å². The van der Waals surface area contributed by atoms with Crippen molar-refractivity contribution in [3.05, 3.63) is 66.0 Å². The van der Waals surface area contributed by atoms with Gasteiger partial charge in [-0.2, -0.15) is 0 Å². The fourth-order valence-corrected chi connectivity index (χ4v) is 2.25. The molecule has 0 saturated heterocycles. The lowest BCUT2D eigenvalue weighted by molar-refractivity contribution is -0.119. The molecule has 1 amide bonds. The molecule has 4 heteroatoms. The van der Waals surface area contributed by atoms with Crippen LogP contribution in [0.15, 0.2) is 54.6 Å². The zero-order chi connectivity index (χ0) is 15.8. The van der Waals surface area contributed by atoms with Crippen molar-refractivity contribution in [1.29, 1.82) is 0 Å². The van der Waals surface area contributed by atoms with Gasteiger partial charge in [0, 0.05) is 18.8 Å². The summed E-state index contributed by atoms with van der Waals surface area (Å²) in [6.45, 7) is 3.69. The van der Waals surface area contributed by atoms with Crippen LogP contribution < -0.4 is 10.2 Å². The van der Waals surface area contributed by atoms with E-state index in [1.54, 1.807) is 12.1 Å². The Balaban J connectivity index is 1.78. The van der Waals surface area contributed by atoms with E-state index in [0.717, 1.165) is 17.8 Å². The fraction of sp³-hybridized carbons (Fsp3) is 0.278. The lowest BCUT2D eigenvalue weighted by atomic mass is 10.1. The van der Waals surface area contributed by atoms with Crippen LogP contribution in [0.3, 0.4) is 0 Å². The van der Waals surface area contributed by atoms with Gasteiger partial charge in [0.15, 0.2) is 0 Å². The third-order valence-corrected chi connectivity index (χ3v) is 3.49. The Morgan fingerprint density at radius 2 is 1.77 bits per heavy atom. The molecule has 0 atom stereocenters. The minimum absolute atomic E-state index is 0.00665. The number of hydrogen-bond donors (Lipinski definition) is 1. The molecule has 1 N–H and O–H groups in total. The molecule has 0 saturated carbocycles. The summed E-state index contributed by atoms with van der Waals surface area (Å²) >= 11 is 0. The molecule has 116 valence electrons. The average Bonchev–Trinajstić information content (AvgIpc) is 2.55. The van der Waals surface area contributed by atoms with Crippen LogP contribution >= 0.6 is 0 Å². The Kier molecular flexibility index (Phi) is 5.95. The second kappa shape index (κ2) is 8.17. The Morgan fingerprint density at radius 1 is 1.09 bits per heavy atom. The van der Waals surface area contributed by atoms with Gasteiger partial charge in [0.25, 0.3) is 0 Å². The van der Waals surface area contributed by atoms with E-state index in [4.69, 9.17) is 0 Å². The van der Waals surface area contributed by atoms with Crippen molar-refractivity contribution in [3.8, 4) is 0 Å². The van der Waals surface area contributed by atoms with Gasteiger partial charge >= 0.3 is 0 Å². The molecule has 0 aliphatic heterocycles. The van der Waals surface area contributed by atoms with E-state index in [1.807, 2.05) is 42.2 Å². The monoisotopic (exact) mass is 300 g/mol. The van der Waals surface area contributed by atoms with Gasteiger partial charge in [0.1, 0.15) is 5.82 Å². The predicted molar refractivity (Wildman–Crippen MR) is 87.4 cm³/mol. The number of hydrogen-bond acceptors (Lipinski definition) is 2. The van der Waals surface area contributed by atoms with Crippen LogP contribution in [0.5, 0.6) is 0 Å². The van der Waals surface area contributed by atoms with Crippen LogP contribution in [-0.2, 0) is 11.2 Å². The molecule has 0 unspecified atom stereocenters. The molecule has 2 aromatic carbocycles. The van der Waals surface area contributed by atoms with Crippen molar-refractivity contribution in [3.63, 3.8) is 0 Å². The highest BCUT2D eigenvalue weighted by Gasteiger charge is 2.09. The minimum atomic E-state index is -0.241. The summed E-state index contributed by atoms with van der Waals surface area (Å²) in [7, 11) is 0. The molecule has 0 radical (unpaired) electrons. The number of halogens is 1. The van der Waals surface area contributed by atoms with E-state index in [-0.39, 0.29) is 11.7 Å². The molecule has 2 aromatic rings. The highest BCUT2D eigenvalue weighted by atomic mass is 19.1. The van der Waals surface area contributed by atoms with E-state index in [2.05, 4.69) is 5.32 Å². The summed E-state index contributed by atoms with van der Waals surface area (Å²) in [5.74, 6) is -0.248. The number of anilines is 1. The standard InChI is InChI=1S/C18H21FN2O/c1-2-21(17-6-4-3-5-7-17)14-18(22)20-13-12-15-8-10-16(19)11-9-15/h3-11H,2,12-14H2,1H3,(H,20,22). The average molecular weight is 300 g/mol. The van der Waals surface area contributed by atoms with E-state index in [9.17, 15) is 9.18 Å². The summed E-state index contributed by atoms with van der Waals surface area (Å²) in [5, 5.41) is 2.91. The lowest BCUT2D eigenvalue weighted by Gasteiger charge is -2.22. The molecular weight excluding hydrogens is 279 g/mol. The zero-order valence-corrected chi connectivity index (χ0v) is 12.8. The summed E-state index contributed by atoms with van der Waals surface area (Å²) in [4.78, 5) is 14.0. The first-order valence-corrected chi connectivity index (χ1v) is 7.50. The molecular formula is C18H21FN2O. The third kappa shape index (κ3) is 4.88. The lowest BCUT2D eigenvalue weighted by Crippen LogP contribution is -2.38. The second-order valence-electron chi connectivity index (χ2n) is 5.08. The number of carbonyl (C=O) groups is 1. The van der Waals surface area contributed by atoms with Crippen molar-refractivity contribution in [2.45, 2.75) is 13.3 Å². The van der Waals surface area contributed by atoms with E-state index in [1.165, 1.54) is 12.1 Å². The van der Waals surface area contributed by atoms with Gasteiger partial charge in [0.2, 0.25) is 5.91 Å². The van der Waals surface area contributed by atoms with E-state index < -0.39 is 0 Å². The quantitative estimate of drug-likeness (QED) is 0.852. The van der Waals surface area contributed by atoms with Gasteiger partial charge in [-0.3, -0.25) is 4.79 Å². The van der Waals surface area contributed by atoms with Gasteiger partial charge in [-0.25, -0.2) is 4.39 Å².